The third-order valence-corrected chi connectivity index (χ3v) is 3.15. The molecule has 1 amide bonds. The van der Waals surface area contributed by atoms with Crippen LogP contribution in [0.4, 0.5) is 0 Å². The number of amides is 1. The summed E-state index contributed by atoms with van der Waals surface area (Å²) in [6, 6.07) is 0.229. The van der Waals surface area contributed by atoms with Crippen molar-refractivity contribution in [2.45, 2.75) is 25.3 Å². The number of carbonyl (C=O) groups is 1. The number of nitrogens with zero attached hydrogens (tertiary/aromatic N) is 3. The predicted octanol–water partition coefficient (Wildman–Crippen LogP) is 1.12. The lowest BCUT2D eigenvalue weighted by molar-refractivity contribution is 0.0519. The van der Waals surface area contributed by atoms with Crippen molar-refractivity contribution in [3.63, 3.8) is 0 Å². The van der Waals surface area contributed by atoms with Crippen LogP contribution in [0.2, 0.25) is 5.15 Å². The van der Waals surface area contributed by atoms with E-state index in [1.807, 2.05) is 0 Å². The first-order valence-corrected chi connectivity index (χ1v) is 5.99. The zero-order valence-electron chi connectivity index (χ0n) is 9.34. The van der Waals surface area contributed by atoms with Crippen molar-refractivity contribution in [3.05, 3.63) is 23.2 Å². The van der Waals surface area contributed by atoms with Crippen molar-refractivity contribution in [2.24, 2.45) is 0 Å². The molecule has 0 unspecified atom stereocenters. The summed E-state index contributed by atoms with van der Waals surface area (Å²) < 4.78 is 0. The molecule has 0 spiro atoms. The lowest BCUT2D eigenvalue weighted by Gasteiger charge is -2.36. The van der Waals surface area contributed by atoms with Gasteiger partial charge in [-0.05, 0) is 19.3 Å². The number of hydrogen-bond acceptors (Lipinski definition) is 4. The maximum atomic E-state index is 12.1. The van der Waals surface area contributed by atoms with Crippen molar-refractivity contribution in [1.29, 1.82) is 0 Å². The average Bonchev–Trinajstić information content (AvgIpc) is 2.26. The minimum Gasteiger partial charge on any atom is -0.395 e. The first-order valence-electron chi connectivity index (χ1n) is 5.61. The summed E-state index contributed by atoms with van der Waals surface area (Å²) in [6.07, 6.45) is 5.84. The maximum Gasteiger partial charge on any atom is 0.274 e. The van der Waals surface area contributed by atoms with Crippen LogP contribution in [0, 0.1) is 0 Å². The summed E-state index contributed by atoms with van der Waals surface area (Å²) in [5.41, 5.74) is 0.273. The monoisotopic (exact) mass is 255 g/mol. The molecule has 1 aromatic heterocycles. The molecular weight excluding hydrogens is 242 g/mol. The summed E-state index contributed by atoms with van der Waals surface area (Å²) in [5.74, 6) is -0.187. The smallest absolute Gasteiger partial charge is 0.274 e. The van der Waals surface area contributed by atoms with E-state index < -0.39 is 0 Å². The molecule has 0 radical (unpaired) electrons. The second-order valence-corrected chi connectivity index (χ2v) is 4.42. The number of aliphatic hydroxyl groups excluding tert-OH is 1. The van der Waals surface area contributed by atoms with Gasteiger partial charge in [-0.1, -0.05) is 11.6 Å². The maximum absolute atomic E-state index is 12.1. The van der Waals surface area contributed by atoms with E-state index in [0.717, 1.165) is 19.3 Å². The lowest BCUT2D eigenvalue weighted by atomic mass is 9.91. The van der Waals surface area contributed by atoms with Crippen LogP contribution in [-0.2, 0) is 0 Å². The molecule has 0 atom stereocenters. The number of rotatable bonds is 4. The van der Waals surface area contributed by atoms with Crippen LogP contribution in [-0.4, -0.2) is 45.1 Å². The highest BCUT2D eigenvalue weighted by Crippen LogP contribution is 2.25. The van der Waals surface area contributed by atoms with Crippen LogP contribution in [0.15, 0.2) is 12.4 Å². The summed E-state index contributed by atoms with van der Waals surface area (Å²) in [4.78, 5) is 21.6. The van der Waals surface area contributed by atoms with E-state index in [1.165, 1.54) is 12.4 Å². The van der Waals surface area contributed by atoms with Gasteiger partial charge in [0.1, 0.15) is 10.8 Å². The van der Waals surface area contributed by atoms with E-state index in [1.54, 1.807) is 4.90 Å². The van der Waals surface area contributed by atoms with Crippen LogP contribution in [0.3, 0.4) is 0 Å². The third kappa shape index (κ3) is 2.73. The first-order chi connectivity index (χ1) is 8.22. The van der Waals surface area contributed by atoms with Gasteiger partial charge in [-0.3, -0.25) is 4.79 Å². The van der Waals surface area contributed by atoms with Gasteiger partial charge < -0.3 is 10.0 Å². The highest BCUT2D eigenvalue weighted by molar-refractivity contribution is 6.29. The second-order valence-electron chi connectivity index (χ2n) is 4.03. The molecule has 1 N–H and O–H groups in total. The Labute approximate surface area is 104 Å². The Kier molecular flexibility index (Phi) is 3.91. The van der Waals surface area contributed by atoms with Gasteiger partial charge in [0.15, 0.2) is 0 Å². The topological polar surface area (TPSA) is 66.3 Å². The Morgan fingerprint density at radius 3 is 2.71 bits per heavy atom. The fraction of sp³-hybridized carbons (Fsp3) is 0.545. The Morgan fingerprint density at radius 1 is 1.47 bits per heavy atom. The minimum absolute atomic E-state index is 0.0384. The molecule has 0 aromatic carbocycles. The molecule has 5 nitrogen and oxygen atoms in total. The summed E-state index contributed by atoms with van der Waals surface area (Å²) in [6.45, 7) is 0.303. The predicted molar refractivity (Wildman–Crippen MR) is 62.8 cm³/mol. The molecule has 0 aliphatic heterocycles. The molecule has 1 saturated carbocycles. The van der Waals surface area contributed by atoms with E-state index in [9.17, 15) is 4.79 Å². The highest BCUT2D eigenvalue weighted by Gasteiger charge is 2.29. The Balaban J connectivity index is 2.12. The largest absolute Gasteiger partial charge is 0.395 e. The van der Waals surface area contributed by atoms with Crippen LogP contribution in [0.25, 0.3) is 0 Å². The molecule has 0 saturated heterocycles. The first kappa shape index (κ1) is 12.3. The van der Waals surface area contributed by atoms with Gasteiger partial charge in [0.2, 0.25) is 0 Å². The van der Waals surface area contributed by atoms with Gasteiger partial charge in [0, 0.05) is 12.6 Å². The average molecular weight is 256 g/mol. The van der Waals surface area contributed by atoms with E-state index in [0.29, 0.717) is 6.54 Å². The molecule has 92 valence electrons. The number of aromatic nitrogens is 2. The zero-order chi connectivity index (χ0) is 12.3. The van der Waals surface area contributed by atoms with Gasteiger partial charge >= 0.3 is 0 Å². The molecule has 0 bridgehead atoms. The number of carbonyl (C=O) groups excluding carboxylic acids is 1. The van der Waals surface area contributed by atoms with Gasteiger partial charge in [-0.2, -0.15) is 0 Å². The van der Waals surface area contributed by atoms with Crippen molar-refractivity contribution >= 4 is 17.5 Å². The third-order valence-electron chi connectivity index (χ3n) is 2.96. The van der Waals surface area contributed by atoms with Gasteiger partial charge in [0.05, 0.1) is 19.0 Å². The van der Waals surface area contributed by atoms with Gasteiger partial charge in [-0.25, -0.2) is 9.97 Å². The van der Waals surface area contributed by atoms with Crippen molar-refractivity contribution < 1.29 is 9.90 Å². The molecule has 6 heteroatoms. The van der Waals surface area contributed by atoms with Crippen molar-refractivity contribution in [2.75, 3.05) is 13.2 Å². The molecule has 1 aliphatic rings. The van der Waals surface area contributed by atoms with Crippen molar-refractivity contribution in [1.82, 2.24) is 14.9 Å². The van der Waals surface area contributed by atoms with Crippen LogP contribution < -0.4 is 0 Å². The Hall–Kier alpha value is -1.20. The number of halogens is 1. The summed E-state index contributed by atoms with van der Waals surface area (Å²) in [7, 11) is 0. The van der Waals surface area contributed by atoms with Gasteiger partial charge in [0.25, 0.3) is 5.91 Å². The summed E-state index contributed by atoms with van der Waals surface area (Å²) in [5, 5.41) is 9.26. The second kappa shape index (κ2) is 5.42. The zero-order valence-corrected chi connectivity index (χ0v) is 10.1. The SMILES string of the molecule is O=C(c1cnc(Cl)cn1)N(CCO)C1CCC1. The van der Waals surface area contributed by atoms with E-state index in [2.05, 4.69) is 9.97 Å². The standard InChI is InChI=1S/C11H14ClN3O2/c12-10-7-13-9(6-14-10)11(17)15(4-5-16)8-2-1-3-8/h6-8,16H,1-5H2. The van der Waals surface area contributed by atoms with E-state index >= 15 is 0 Å². The highest BCUT2D eigenvalue weighted by atomic mass is 35.5. The molecule has 17 heavy (non-hydrogen) atoms. The molecule has 1 fully saturated rings. The lowest BCUT2D eigenvalue weighted by Crippen LogP contribution is -2.45. The van der Waals surface area contributed by atoms with Crippen LogP contribution >= 0.6 is 11.6 Å². The van der Waals surface area contributed by atoms with E-state index in [4.69, 9.17) is 16.7 Å². The fourth-order valence-corrected chi connectivity index (χ4v) is 1.92. The molecular formula is C11H14ClN3O2. The van der Waals surface area contributed by atoms with Crippen LogP contribution in [0.5, 0.6) is 0 Å². The molecule has 1 aromatic rings. The quantitative estimate of drug-likeness (QED) is 0.876. The normalized spacial score (nSPS) is 15.4. The van der Waals surface area contributed by atoms with E-state index in [-0.39, 0.29) is 29.4 Å². The fourth-order valence-electron chi connectivity index (χ4n) is 1.83. The number of aliphatic hydroxyl groups is 1. The Morgan fingerprint density at radius 2 is 2.24 bits per heavy atom. The number of hydrogen-bond donors (Lipinski definition) is 1. The van der Waals surface area contributed by atoms with Crippen molar-refractivity contribution in [3.8, 4) is 0 Å². The van der Waals surface area contributed by atoms with Gasteiger partial charge in [-0.15, -0.1) is 0 Å². The molecule has 1 aliphatic carbocycles. The summed E-state index contributed by atoms with van der Waals surface area (Å²) >= 11 is 5.62. The molecule has 2 rings (SSSR count). The Bertz CT molecular complexity index is 392. The molecule has 1 heterocycles. The van der Waals surface area contributed by atoms with Crippen LogP contribution in [0.1, 0.15) is 29.8 Å². The minimum atomic E-state index is -0.187.